The summed E-state index contributed by atoms with van der Waals surface area (Å²) in [5.74, 6) is -0.914. The summed E-state index contributed by atoms with van der Waals surface area (Å²) in [4.78, 5) is 65.4. The summed E-state index contributed by atoms with van der Waals surface area (Å²) in [5.41, 5.74) is 9.90. The van der Waals surface area contributed by atoms with Crippen LogP contribution in [0.25, 0.3) is 33.3 Å². The fourth-order valence-electron chi connectivity index (χ4n) is 11.3. The van der Waals surface area contributed by atoms with Crippen molar-refractivity contribution in [3.63, 3.8) is 0 Å². The van der Waals surface area contributed by atoms with E-state index in [1.165, 1.54) is 5.01 Å². The van der Waals surface area contributed by atoms with Crippen molar-refractivity contribution in [2.24, 2.45) is 16.7 Å². The van der Waals surface area contributed by atoms with Crippen molar-refractivity contribution in [2.75, 3.05) is 53.0 Å². The van der Waals surface area contributed by atoms with Gasteiger partial charge in [0.25, 0.3) is 5.91 Å². The van der Waals surface area contributed by atoms with Crippen LogP contribution in [0.3, 0.4) is 0 Å². The number of ether oxygens (including phenoxy) is 2. The number of aromatic hydroxyl groups is 1. The third-order valence-electron chi connectivity index (χ3n) is 14.7. The zero-order chi connectivity index (χ0) is 47.4. The first kappa shape index (κ1) is 46.7. The smallest absolute Gasteiger partial charge is 0.324 e. The number of carbonyl (C=O) groups excluding carboxylic acids is 4. The molecule has 0 radical (unpaired) electrons. The Morgan fingerprint density at radius 1 is 1.03 bits per heavy atom. The maximum Gasteiger partial charge on any atom is 0.324 e. The molecule has 7 heterocycles. The number of likely N-dealkylation sites (tertiary alicyclic amines) is 2. The molecule has 358 valence electrons. The van der Waals surface area contributed by atoms with Crippen LogP contribution in [0.5, 0.6) is 5.75 Å². The largest absolute Gasteiger partial charge is 0.508 e. The van der Waals surface area contributed by atoms with Gasteiger partial charge in [-0.25, -0.2) is 5.43 Å². The average molecular weight is 917 g/mol. The van der Waals surface area contributed by atoms with Gasteiger partial charge in [-0.3, -0.25) is 34.1 Å². The Hall–Kier alpha value is -5.35. The predicted octanol–water partition coefficient (Wildman–Crippen LogP) is 5.37. The first-order valence-corrected chi connectivity index (χ1v) is 24.3. The maximum atomic E-state index is 14.8. The van der Waals surface area contributed by atoms with Crippen molar-refractivity contribution in [2.45, 2.75) is 117 Å². The van der Waals surface area contributed by atoms with Crippen LogP contribution >= 0.6 is 0 Å². The van der Waals surface area contributed by atoms with Crippen LogP contribution in [0.2, 0.25) is 0 Å². The third-order valence-corrected chi connectivity index (χ3v) is 14.7. The van der Waals surface area contributed by atoms with Crippen molar-refractivity contribution >= 4 is 34.6 Å². The van der Waals surface area contributed by atoms with E-state index in [1.54, 1.807) is 25.4 Å². The summed E-state index contributed by atoms with van der Waals surface area (Å²) < 4.78 is 14.3. The number of nitrogens with one attached hydrogen (secondary N) is 3. The van der Waals surface area contributed by atoms with Gasteiger partial charge < -0.3 is 34.7 Å². The SMILES string of the molecule is CCn1c(-c2cccnc2[C@H](C)OC)c2c3cc(ccc31)-c1cc(O)cc(c1)C[C@H](NC(=O)[C@H](C(C)C)N1CCCC3(CN(C(=O)[C@H]4CN4)C3)C1)C(=O)N1CCC[C@H](N1)C(=O)OCC(C)(C)C2. The summed E-state index contributed by atoms with van der Waals surface area (Å²) in [6.07, 6.45) is 5.15. The molecule has 15 heteroatoms. The summed E-state index contributed by atoms with van der Waals surface area (Å²) >= 11 is 0. The molecule has 0 saturated carbocycles. The number of hydrazine groups is 1. The first-order chi connectivity index (χ1) is 32.1. The summed E-state index contributed by atoms with van der Waals surface area (Å²) in [5, 5.41) is 20.2. The number of esters is 1. The second-order valence-corrected chi connectivity index (χ2v) is 21.0. The van der Waals surface area contributed by atoms with Crippen LogP contribution < -0.4 is 16.1 Å². The Morgan fingerprint density at radius 2 is 1.82 bits per heavy atom. The predicted molar refractivity (Wildman–Crippen MR) is 256 cm³/mol. The van der Waals surface area contributed by atoms with Crippen LogP contribution in [0, 0.1) is 16.7 Å². The second kappa shape index (κ2) is 18.6. The van der Waals surface area contributed by atoms with Gasteiger partial charge in [-0.2, -0.15) is 0 Å². The fourth-order valence-corrected chi connectivity index (χ4v) is 11.3. The normalized spacial score (nSPS) is 23.9. The summed E-state index contributed by atoms with van der Waals surface area (Å²) in [6.45, 7) is 17.1. The van der Waals surface area contributed by atoms with Gasteiger partial charge in [0.15, 0.2) is 0 Å². The van der Waals surface area contributed by atoms with E-state index >= 15 is 0 Å². The molecule has 67 heavy (non-hydrogen) atoms. The first-order valence-electron chi connectivity index (χ1n) is 24.3. The summed E-state index contributed by atoms with van der Waals surface area (Å²) in [6, 6.07) is 13.4. The van der Waals surface area contributed by atoms with Crippen LogP contribution in [-0.2, 0) is 48.0 Å². The molecule has 5 atom stereocenters. The van der Waals surface area contributed by atoms with Crippen LogP contribution in [-0.4, -0.2) is 130 Å². The van der Waals surface area contributed by atoms with Gasteiger partial charge >= 0.3 is 5.97 Å². The standard InChI is InChI=1S/C52H68N8O7/c1-8-59-43-15-14-34-24-38(43)39(46(59)37-12-9-17-53-44(37)32(4)66-7)25-51(5,6)30-67-50(65)40-13-10-19-60(56-40)49(64)41(22-33-20-35(34)23-36(61)21-33)55-47(62)45(31(2)3)57-18-11-16-52(27-57)28-58(29-52)48(63)42-26-54-42/h9,12,14-15,17,20-21,23-24,31-32,40-42,45,54,56,61H,8,10-11,13,16,18-19,22,25-30H2,1-7H3,(H,55,62)/t32-,40-,41-,42+,45-/m0/s1. The number of hydrogen-bond donors (Lipinski definition) is 4. The van der Waals surface area contributed by atoms with E-state index in [9.17, 15) is 24.3 Å². The van der Waals surface area contributed by atoms with E-state index in [0.29, 0.717) is 57.5 Å². The van der Waals surface area contributed by atoms with Crippen molar-refractivity contribution in [3.05, 3.63) is 71.5 Å². The van der Waals surface area contributed by atoms with Gasteiger partial charge in [0.2, 0.25) is 11.8 Å². The molecule has 6 bridgehead atoms. The number of amides is 3. The van der Waals surface area contributed by atoms with Crippen molar-refractivity contribution in [1.29, 1.82) is 0 Å². The molecule has 2 aromatic heterocycles. The molecule has 5 aliphatic heterocycles. The number of piperidine rings is 1. The molecule has 3 amide bonds. The second-order valence-electron chi connectivity index (χ2n) is 21.0. The molecule has 4 aromatic rings. The highest BCUT2D eigenvalue weighted by atomic mass is 16.5. The number of phenols is 1. The number of carbonyl (C=O) groups is 4. The Balaban J connectivity index is 1.09. The quantitative estimate of drug-likeness (QED) is 0.125. The number of fused-ring (bicyclic) bond motifs is 6. The van der Waals surface area contributed by atoms with Crippen LogP contribution in [0.4, 0.5) is 0 Å². The van der Waals surface area contributed by atoms with Gasteiger partial charge in [-0.1, -0.05) is 39.8 Å². The Labute approximate surface area is 393 Å². The van der Waals surface area contributed by atoms with Crippen LogP contribution in [0.1, 0.15) is 90.2 Å². The van der Waals surface area contributed by atoms with Crippen LogP contribution in [0.15, 0.2) is 54.7 Å². The molecular weight excluding hydrogens is 849 g/mol. The van der Waals surface area contributed by atoms with E-state index in [2.05, 4.69) is 70.6 Å². The molecular formula is C52H68N8O7. The minimum atomic E-state index is -1.02. The number of pyridine rings is 1. The highest BCUT2D eigenvalue weighted by Gasteiger charge is 2.51. The molecule has 9 rings (SSSR count). The number of aromatic nitrogens is 2. The fraction of sp³-hybridized carbons (Fsp3) is 0.558. The molecule has 0 aliphatic carbocycles. The molecule has 2 aromatic carbocycles. The van der Waals surface area contributed by atoms with Crippen molar-refractivity contribution in [1.82, 2.24) is 40.4 Å². The van der Waals surface area contributed by atoms with Crippen molar-refractivity contribution < 1.29 is 33.8 Å². The lowest BCUT2D eigenvalue weighted by molar-refractivity contribution is -0.155. The monoisotopic (exact) mass is 917 g/mol. The van der Waals surface area contributed by atoms with E-state index < -0.39 is 29.5 Å². The molecule has 1 spiro atoms. The molecule has 4 saturated heterocycles. The van der Waals surface area contributed by atoms with Gasteiger partial charge in [0, 0.05) is 86.3 Å². The van der Waals surface area contributed by atoms with E-state index in [1.807, 2.05) is 37.8 Å². The molecule has 5 aliphatic rings. The van der Waals surface area contributed by atoms with E-state index in [0.717, 1.165) is 70.5 Å². The average Bonchev–Trinajstić information content (AvgIpc) is 4.11. The van der Waals surface area contributed by atoms with Gasteiger partial charge in [-0.05, 0) is 117 Å². The highest BCUT2D eigenvalue weighted by molar-refractivity contribution is 5.96. The van der Waals surface area contributed by atoms with E-state index in [4.69, 9.17) is 14.5 Å². The minimum Gasteiger partial charge on any atom is -0.508 e. The minimum absolute atomic E-state index is 0.0457. The highest BCUT2D eigenvalue weighted by Crippen LogP contribution is 2.43. The zero-order valence-corrected chi connectivity index (χ0v) is 40.2. The number of rotatable bonds is 9. The Bertz CT molecular complexity index is 2540. The number of hydrogen-bond acceptors (Lipinski definition) is 11. The molecule has 0 unspecified atom stereocenters. The topological polar surface area (TPSA) is 181 Å². The number of aryl methyl sites for hydroxylation is 1. The van der Waals surface area contributed by atoms with Gasteiger partial charge in [0.05, 0.1) is 36.2 Å². The lowest BCUT2D eigenvalue weighted by atomic mass is 9.72. The lowest BCUT2D eigenvalue weighted by Crippen LogP contribution is -2.67. The lowest BCUT2D eigenvalue weighted by Gasteiger charge is -2.56. The number of phenolic OH excluding ortho intramolecular Hbond substituents is 1. The number of cyclic esters (lactones) is 1. The van der Waals surface area contributed by atoms with Crippen molar-refractivity contribution in [3.8, 4) is 28.1 Å². The number of methoxy groups -OCH3 is 1. The summed E-state index contributed by atoms with van der Waals surface area (Å²) in [7, 11) is 1.69. The molecule has 4 fully saturated rings. The van der Waals surface area contributed by atoms with Gasteiger partial charge in [-0.15, -0.1) is 0 Å². The maximum absolute atomic E-state index is 14.8. The Morgan fingerprint density at radius 3 is 2.55 bits per heavy atom. The molecule has 15 nitrogen and oxygen atoms in total. The Kier molecular flexibility index (Phi) is 13.0. The zero-order valence-electron chi connectivity index (χ0n) is 40.2. The van der Waals surface area contributed by atoms with Gasteiger partial charge in [0.1, 0.15) is 17.8 Å². The third kappa shape index (κ3) is 9.44. The number of nitrogens with zero attached hydrogens (tertiary/aromatic N) is 5. The van der Waals surface area contributed by atoms with E-state index in [-0.39, 0.29) is 60.0 Å². The molecule has 4 N–H and O–H groups in total. The number of benzene rings is 2.